The first-order chi connectivity index (χ1) is 26.9. The highest BCUT2D eigenvalue weighted by Crippen LogP contribution is 2.38. The molecule has 1 unspecified atom stereocenters. The predicted octanol–water partition coefficient (Wildman–Crippen LogP) is 6.44. The molecule has 57 heavy (non-hydrogen) atoms. The van der Waals surface area contributed by atoms with Crippen molar-refractivity contribution in [1.82, 2.24) is 0 Å². The summed E-state index contributed by atoms with van der Waals surface area (Å²) in [5, 5.41) is 11.8. The summed E-state index contributed by atoms with van der Waals surface area (Å²) in [7, 11) is -3.29. The average Bonchev–Trinajstić information content (AvgIpc) is 4.05. The molecule has 310 valence electrons. The SMILES string of the molecule is CC(C)(C)OC(=O)CN(c1ccc(COC(=O)CC(=O)OC(Cc2c(Cl)c[n+]([O-])cc2Cl)c2ccc(OC(F)F)c(OCC3CC3)c2)cc1OCC1CC1)[SH](=O)=O. The first-order valence-electron chi connectivity index (χ1n) is 18.0. The number of pyridine rings is 1. The smallest absolute Gasteiger partial charge is 0.387 e. The minimum absolute atomic E-state index is 0.0237. The Morgan fingerprint density at radius 1 is 0.895 bits per heavy atom. The highest BCUT2D eigenvalue weighted by atomic mass is 35.5. The third-order valence-corrected chi connectivity index (χ3v) is 9.91. The predicted molar refractivity (Wildman–Crippen MR) is 202 cm³/mol. The maximum Gasteiger partial charge on any atom is 0.387 e. The summed E-state index contributed by atoms with van der Waals surface area (Å²) in [6.45, 7) is 1.43. The van der Waals surface area contributed by atoms with Gasteiger partial charge >= 0.3 is 24.5 Å². The van der Waals surface area contributed by atoms with Crippen molar-refractivity contribution in [3.05, 3.63) is 80.7 Å². The summed E-state index contributed by atoms with van der Waals surface area (Å²) >= 11 is 12.6. The molecule has 1 atom stereocenters. The fraction of sp³-hybridized carbons (Fsp3) is 0.474. The first-order valence-corrected chi connectivity index (χ1v) is 19.9. The van der Waals surface area contributed by atoms with Crippen molar-refractivity contribution in [3.8, 4) is 17.2 Å². The zero-order chi connectivity index (χ0) is 41.4. The number of hydrogen-bond acceptors (Lipinski definition) is 12. The van der Waals surface area contributed by atoms with Crippen molar-refractivity contribution in [2.75, 3.05) is 24.1 Å². The Labute approximate surface area is 339 Å². The zero-order valence-electron chi connectivity index (χ0n) is 31.3. The Morgan fingerprint density at radius 2 is 1.53 bits per heavy atom. The number of benzene rings is 2. The van der Waals surface area contributed by atoms with Crippen molar-refractivity contribution >= 4 is 57.7 Å². The molecule has 0 aliphatic heterocycles. The molecule has 2 aliphatic carbocycles. The normalized spacial score (nSPS) is 14.5. The summed E-state index contributed by atoms with van der Waals surface area (Å²) in [5.41, 5.74) is 0.113. The number of thiol groups is 1. The molecule has 2 saturated carbocycles. The lowest BCUT2D eigenvalue weighted by atomic mass is 10.0. The Kier molecular flexibility index (Phi) is 14.7. The molecular formula is C38H42Cl2F2N2O12S. The van der Waals surface area contributed by atoms with Crippen molar-refractivity contribution in [3.63, 3.8) is 0 Å². The summed E-state index contributed by atoms with van der Waals surface area (Å²) in [4.78, 5) is 38.7. The van der Waals surface area contributed by atoms with Crippen LogP contribution >= 0.6 is 23.2 Å². The van der Waals surface area contributed by atoms with Crippen molar-refractivity contribution < 1.29 is 64.7 Å². The number of nitrogens with zero attached hydrogens (tertiary/aromatic N) is 2. The van der Waals surface area contributed by atoms with Gasteiger partial charge in [0.2, 0.25) is 10.9 Å². The molecule has 0 N–H and O–H groups in total. The standard InChI is InChI=1S/C38H42Cl2F2N2O12S/c1-38(2,3)56-36(47)18-44(57(49)50)29-10-8-24(12-32(29)51-19-22-4-5-22)21-53-34(45)15-35(46)54-31(14-26-27(39)16-43(48)17-28(26)40)25-9-11-30(55-37(41)42)33(13-25)52-20-23-6-7-23/h8-13,16-17,22-23,31,37,57H,4-7,14-15,18-21H2,1-3H3. The van der Waals surface area contributed by atoms with Crippen molar-refractivity contribution in [2.45, 2.75) is 84.2 Å². The van der Waals surface area contributed by atoms with Crippen LogP contribution in [0.2, 0.25) is 10.0 Å². The lowest BCUT2D eigenvalue weighted by Gasteiger charge is -2.24. The maximum atomic E-state index is 13.2. The van der Waals surface area contributed by atoms with Gasteiger partial charge in [0.05, 0.1) is 18.9 Å². The molecule has 1 aromatic heterocycles. The van der Waals surface area contributed by atoms with Crippen LogP contribution in [0.4, 0.5) is 14.5 Å². The van der Waals surface area contributed by atoms with Gasteiger partial charge < -0.3 is 33.6 Å². The monoisotopic (exact) mass is 858 g/mol. The van der Waals surface area contributed by atoms with E-state index in [1.54, 1.807) is 20.8 Å². The van der Waals surface area contributed by atoms with Gasteiger partial charge in [0.15, 0.2) is 23.9 Å². The van der Waals surface area contributed by atoms with Gasteiger partial charge in [-0.3, -0.25) is 18.7 Å². The van der Waals surface area contributed by atoms with Crippen LogP contribution < -0.4 is 23.2 Å². The first kappa shape index (κ1) is 43.5. The Morgan fingerprint density at radius 3 is 2.11 bits per heavy atom. The maximum absolute atomic E-state index is 13.2. The lowest BCUT2D eigenvalue weighted by Crippen LogP contribution is -2.34. The number of carbonyl (C=O) groups excluding carboxylic acids is 3. The zero-order valence-corrected chi connectivity index (χ0v) is 33.7. The number of carbonyl (C=O) groups is 3. The number of halogens is 4. The fourth-order valence-corrected chi connectivity index (χ4v) is 6.56. The van der Waals surface area contributed by atoms with Gasteiger partial charge in [0.1, 0.15) is 47.1 Å². The number of rotatable bonds is 20. The van der Waals surface area contributed by atoms with E-state index in [0.717, 1.165) is 42.4 Å². The second-order valence-electron chi connectivity index (χ2n) is 14.6. The summed E-state index contributed by atoms with van der Waals surface area (Å²) in [5.74, 6) is -2.36. The second-order valence-corrected chi connectivity index (χ2v) is 16.4. The number of alkyl halides is 2. The van der Waals surface area contributed by atoms with E-state index < -0.39 is 60.1 Å². The van der Waals surface area contributed by atoms with E-state index in [1.807, 2.05) is 0 Å². The van der Waals surface area contributed by atoms with Crippen LogP contribution in [-0.4, -0.2) is 58.3 Å². The minimum Gasteiger partial charge on any atom is -0.619 e. The van der Waals surface area contributed by atoms with Gasteiger partial charge in [-0.2, -0.15) is 13.5 Å². The molecule has 2 aliphatic rings. The number of ether oxygens (including phenoxy) is 6. The van der Waals surface area contributed by atoms with Crippen LogP contribution in [0.3, 0.4) is 0 Å². The topological polar surface area (TPSA) is 171 Å². The molecule has 3 aromatic rings. The fourth-order valence-electron chi connectivity index (χ4n) is 5.39. The molecule has 2 fully saturated rings. The van der Waals surface area contributed by atoms with Gasteiger partial charge in [-0.05, 0) is 93.7 Å². The minimum atomic E-state index is -3.29. The highest BCUT2D eigenvalue weighted by Gasteiger charge is 2.29. The molecule has 0 spiro atoms. The molecular weight excluding hydrogens is 817 g/mol. The molecule has 5 rings (SSSR count). The second kappa shape index (κ2) is 19.2. The van der Waals surface area contributed by atoms with Gasteiger partial charge in [-0.25, -0.2) is 8.42 Å². The third-order valence-electron chi connectivity index (χ3n) is 8.51. The van der Waals surface area contributed by atoms with Gasteiger partial charge in [-0.1, -0.05) is 35.3 Å². The van der Waals surface area contributed by atoms with Crippen LogP contribution in [0, 0.1) is 17.0 Å². The number of hydrogen-bond donors (Lipinski definition) is 1. The lowest BCUT2D eigenvalue weighted by molar-refractivity contribution is -0.605. The Hall–Kier alpha value is -4.61. The molecule has 2 aromatic carbocycles. The average molecular weight is 860 g/mol. The molecule has 0 amide bonds. The molecule has 19 heteroatoms. The highest BCUT2D eigenvalue weighted by molar-refractivity contribution is 7.74. The quantitative estimate of drug-likeness (QED) is 0.0330. The van der Waals surface area contributed by atoms with E-state index in [9.17, 15) is 36.8 Å². The van der Waals surface area contributed by atoms with Gasteiger partial charge in [0.25, 0.3) is 0 Å². The third kappa shape index (κ3) is 13.8. The largest absolute Gasteiger partial charge is 0.619 e. The van der Waals surface area contributed by atoms with E-state index >= 15 is 0 Å². The molecule has 14 nitrogen and oxygen atoms in total. The summed E-state index contributed by atoms with van der Waals surface area (Å²) in [6, 6.07) is 8.35. The van der Waals surface area contributed by atoms with Gasteiger partial charge in [0, 0.05) is 12.0 Å². The van der Waals surface area contributed by atoms with Crippen LogP contribution in [0.5, 0.6) is 17.2 Å². The van der Waals surface area contributed by atoms with E-state index in [0.29, 0.717) is 16.9 Å². The Balaban J connectivity index is 1.30. The van der Waals surface area contributed by atoms with Crippen LogP contribution in [0.15, 0.2) is 48.8 Å². The summed E-state index contributed by atoms with van der Waals surface area (Å²) < 4.78 is 84.9. The number of aromatic nitrogens is 1. The van der Waals surface area contributed by atoms with Gasteiger partial charge in [-0.15, -0.1) is 0 Å². The van der Waals surface area contributed by atoms with Crippen LogP contribution in [0.1, 0.15) is 75.7 Å². The molecule has 0 saturated heterocycles. The van der Waals surface area contributed by atoms with Crippen LogP contribution in [-0.2, 0) is 52.5 Å². The summed E-state index contributed by atoms with van der Waals surface area (Å²) in [6.07, 6.45) is 3.59. The van der Waals surface area contributed by atoms with E-state index in [1.165, 1.54) is 36.4 Å². The van der Waals surface area contributed by atoms with Crippen LogP contribution in [0.25, 0.3) is 0 Å². The van der Waals surface area contributed by atoms with E-state index in [-0.39, 0.29) is 75.6 Å². The molecule has 1 heterocycles. The van der Waals surface area contributed by atoms with Crippen molar-refractivity contribution in [1.29, 1.82) is 0 Å². The van der Waals surface area contributed by atoms with E-state index in [2.05, 4.69) is 4.74 Å². The van der Waals surface area contributed by atoms with E-state index in [4.69, 9.17) is 46.9 Å². The molecule has 0 bridgehead atoms. The number of anilines is 1. The number of esters is 3. The Bertz CT molecular complexity index is 1990. The van der Waals surface area contributed by atoms with Crippen molar-refractivity contribution in [2.24, 2.45) is 11.8 Å². The molecule has 0 radical (unpaired) electrons.